The van der Waals surface area contributed by atoms with Gasteiger partial charge in [0.25, 0.3) is 0 Å². The zero-order chi connectivity index (χ0) is 20.1. The lowest BCUT2D eigenvalue weighted by atomic mass is 9.83. The monoisotopic (exact) mass is 376 g/mol. The highest BCUT2D eigenvalue weighted by Gasteiger charge is 2.25. The van der Waals surface area contributed by atoms with Crippen LogP contribution in [0.4, 0.5) is 0 Å². The fraction of sp³-hybridized carbons (Fsp3) is 0.222. The quantitative estimate of drug-likeness (QED) is 0.201. The first-order chi connectivity index (χ1) is 13.9. The summed E-state index contributed by atoms with van der Waals surface area (Å²) in [5.41, 5.74) is 9.03. The SMILES string of the molecule is Cc1cc(C(C)(C)C)c2c(c1)c1nccc3cc(C)c4c5ccccc5n2c4c31. The van der Waals surface area contributed by atoms with Crippen molar-refractivity contribution in [3.8, 4) is 0 Å². The standard InChI is InChI=1S/C27H24N2/c1-15-12-19-24-23-17(10-11-28-24)14-16(2)22-18-8-6-7-9-21(18)29(26(22)23)25(19)20(13-15)27(3,4)5/h6-14H,1-5H3. The van der Waals surface area contributed by atoms with Gasteiger partial charge in [0.2, 0.25) is 0 Å². The number of fused-ring (bicyclic) bond motifs is 6. The molecule has 0 aliphatic carbocycles. The van der Waals surface area contributed by atoms with E-state index in [-0.39, 0.29) is 5.41 Å². The van der Waals surface area contributed by atoms with E-state index in [9.17, 15) is 0 Å². The highest BCUT2D eigenvalue weighted by atomic mass is 14.9. The molecule has 0 saturated heterocycles. The molecule has 0 spiro atoms. The smallest absolute Gasteiger partial charge is 0.0822 e. The van der Waals surface area contributed by atoms with Gasteiger partial charge < -0.3 is 4.40 Å². The maximum absolute atomic E-state index is 4.91. The number of aromatic nitrogens is 2. The van der Waals surface area contributed by atoms with Crippen LogP contribution in [0.2, 0.25) is 0 Å². The molecule has 2 heteroatoms. The number of para-hydroxylation sites is 1. The van der Waals surface area contributed by atoms with E-state index in [0.717, 1.165) is 5.52 Å². The molecular weight excluding hydrogens is 352 g/mol. The molecule has 0 N–H and O–H groups in total. The van der Waals surface area contributed by atoms with Gasteiger partial charge in [0.05, 0.1) is 22.1 Å². The first-order valence-electron chi connectivity index (χ1n) is 10.3. The number of pyridine rings is 2. The molecule has 2 nitrogen and oxygen atoms in total. The first kappa shape index (κ1) is 16.8. The minimum absolute atomic E-state index is 0.0308. The minimum Gasteiger partial charge on any atom is -0.308 e. The molecule has 3 aromatic carbocycles. The van der Waals surface area contributed by atoms with Crippen LogP contribution in [0.3, 0.4) is 0 Å². The van der Waals surface area contributed by atoms with Crippen LogP contribution >= 0.6 is 0 Å². The zero-order valence-electron chi connectivity index (χ0n) is 17.6. The Morgan fingerprint density at radius 1 is 0.828 bits per heavy atom. The van der Waals surface area contributed by atoms with Gasteiger partial charge in [-0.05, 0) is 54.0 Å². The fourth-order valence-electron chi connectivity index (χ4n) is 5.24. The molecular formula is C27H24N2. The van der Waals surface area contributed by atoms with Crippen LogP contribution in [0.25, 0.3) is 49.0 Å². The maximum Gasteiger partial charge on any atom is 0.0822 e. The lowest BCUT2D eigenvalue weighted by Crippen LogP contribution is -2.14. The summed E-state index contributed by atoms with van der Waals surface area (Å²) >= 11 is 0. The van der Waals surface area contributed by atoms with Crippen molar-refractivity contribution in [3.05, 3.63) is 71.4 Å². The summed E-state index contributed by atoms with van der Waals surface area (Å²) in [5.74, 6) is 0. The molecule has 0 atom stereocenters. The highest BCUT2D eigenvalue weighted by molar-refractivity contribution is 6.28. The summed E-state index contributed by atoms with van der Waals surface area (Å²) < 4.78 is 2.52. The van der Waals surface area contributed by atoms with Gasteiger partial charge in [-0.25, -0.2) is 0 Å². The second kappa shape index (κ2) is 5.27. The average molecular weight is 377 g/mol. The number of hydrogen-bond acceptors (Lipinski definition) is 1. The van der Waals surface area contributed by atoms with Crippen LogP contribution in [0.1, 0.15) is 37.5 Å². The van der Waals surface area contributed by atoms with Crippen LogP contribution in [-0.2, 0) is 5.41 Å². The van der Waals surface area contributed by atoms with Crippen molar-refractivity contribution in [2.24, 2.45) is 0 Å². The van der Waals surface area contributed by atoms with Crippen molar-refractivity contribution in [3.63, 3.8) is 0 Å². The number of rotatable bonds is 0. The number of nitrogens with zero attached hydrogens (tertiary/aromatic N) is 2. The fourth-order valence-corrected chi connectivity index (χ4v) is 5.24. The molecule has 3 aromatic heterocycles. The Morgan fingerprint density at radius 2 is 1.62 bits per heavy atom. The van der Waals surface area contributed by atoms with E-state index in [2.05, 4.69) is 87.6 Å². The van der Waals surface area contributed by atoms with Gasteiger partial charge in [-0.15, -0.1) is 0 Å². The molecule has 6 rings (SSSR count). The predicted octanol–water partition coefficient (Wildman–Crippen LogP) is 7.30. The number of hydrogen-bond donors (Lipinski definition) is 0. The minimum atomic E-state index is 0.0308. The molecule has 0 unspecified atom stereocenters. The molecule has 0 amide bonds. The van der Waals surface area contributed by atoms with Crippen LogP contribution in [-0.4, -0.2) is 9.38 Å². The van der Waals surface area contributed by atoms with Gasteiger partial charge in [0, 0.05) is 27.7 Å². The van der Waals surface area contributed by atoms with E-state index in [4.69, 9.17) is 4.98 Å². The Balaban J connectivity index is 2.12. The van der Waals surface area contributed by atoms with Crippen molar-refractivity contribution in [1.29, 1.82) is 0 Å². The van der Waals surface area contributed by atoms with Crippen LogP contribution in [0.15, 0.2) is 54.7 Å². The van der Waals surface area contributed by atoms with Crippen molar-refractivity contribution in [2.45, 2.75) is 40.0 Å². The third kappa shape index (κ3) is 2.04. The lowest BCUT2D eigenvalue weighted by molar-refractivity contribution is 0.594. The lowest BCUT2D eigenvalue weighted by Gasteiger charge is -2.24. The number of benzene rings is 3. The third-order valence-corrected chi connectivity index (χ3v) is 6.40. The summed E-state index contributed by atoms with van der Waals surface area (Å²) in [4.78, 5) is 4.91. The molecule has 0 saturated carbocycles. The van der Waals surface area contributed by atoms with Crippen LogP contribution < -0.4 is 0 Å². The summed E-state index contributed by atoms with van der Waals surface area (Å²) in [5, 5.41) is 6.48. The normalized spacial score (nSPS) is 13.0. The van der Waals surface area contributed by atoms with E-state index in [1.165, 1.54) is 60.2 Å². The Morgan fingerprint density at radius 3 is 2.41 bits per heavy atom. The predicted molar refractivity (Wildman–Crippen MR) is 125 cm³/mol. The Bertz CT molecular complexity index is 1590. The highest BCUT2D eigenvalue weighted by Crippen LogP contribution is 2.44. The van der Waals surface area contributed by atoms with Crippen LogP contribution in [0.5, 0.6) is 0 Å². The van der Waals surface area contributed by atoms with Gasteiger partial charge >= 0.3 is 0 Å². The topological polar surface area (TPSA) is 17.3 Å². The largest absolute Gasteiger partial charge is 0.308 e. The van der Waals surface area contributed by atoms with E-state index in [1.807, 2.05) is 6.20 Å². The molecule has 0 aliphatic rings. The van der Waals surface area contributed by atoms with Gasteiger partial charge in [0.15, 0.2) is 0 Å². The summed E-state index contributed by atoms with van der Waals surface area (Å²) in [6, 6.07) is 18.0. The van der Waals surface area contributed by atoms with Gasteiger partial charge in [-0.1, -0.05) is 56.7 Å². The summed E-state index contributed by atoms with van der Waals surface area (Å²) in [6.45, 7) is 11.4. The second-order valence-electron chi connectivity index (χ2n) is 9.49. The molecule has 0 radical (unpaired) electrons. The molecule has 0 fully saturated rings. The average Bonchev–Trinajstić information content (AvgIpc) is 3.02. The van der Waals surface area contributed by atoms with Gasteiger partial charge in [-0.2, -0.15) is 0 Å². The molecule has 29 heavy (non-hydrogen) atoms. The molecule has 0 bridgehead atoms. The zero-order valence-corrected chi connectivity index (χ0v) is 17.6. The first-order valence-corrected chi connectivity index (χ1v) is 10.3. The summed E-state index contributed by atoms with van der Waals surface area (Å²) in [7, 11) is 0. The summed E-state index contributed by atoms with van der Waals surface area (Å²) in [6.07, 6.45) is 1.96. The van der Waals surface area contributed by atoms with E-state index < -0.39 is 0 Å². The van der Waals surface area contributed by atoms with Crippen molar-refractivity contribution in [2.75, 3.05) is 0 Å². The number of aryl methyl sites for hydroxylation is 2. The molecule has 3 heterocycles. The van der Waals surface area contributed by atoms with E-state index in [1.54, 1.807) is 0 Å². The Kier molecular flexibility index (Phi) is 3.05. The third-order valence-electron chi connectivity index (χ3n) is 6.40. The van der Waals surface area contributed by atoms with Crippen molar-refractivity contribution >= 4 is 49.0 Å². The Labute approximate surface area is 170 Å². The van der Waals surface area contributed by atoms with Crippen molar-refractivity contribution in [1.82, 2.24) is 9.38 Å². The second-order valence-corrected chi connectivity index (χ2v) is 9.49. The molecule has 0 aliphatic heterocycles. The van der Waals surface area contributed by atoms with Crippen molar-refractivity contribution < 1.29 is 0 Å². The maximum atomic E-state index is 4.91. The van der Waals surface area contributed by atoms with Crippen LogP contribution in [0, 0.1) is 13.8 Å². The van der Waals surface area contributed by atoms with E-state index >= 15 is 0 Å². The molecule has 142 valence electrons. The van der Waals surface area contributed by atoms with Gasteiger partial charge in [0.1, 0.15) is 0 Å². The van der Waals surface area contributed by atoms with E-state index in [0.29, 0.717) is 0 Å². The van der Waals surface area contributed by atoms with Gasteiger partial charge in [-0.3, -0.25) is 4.98 Å². The Hall–Kier alpha value is -3.13. The molecule has 6 aromatic rings.